The highest BCUT2D eigenvalue weighted by Crippen LogP contribution is 2.31. The Bertz CT molecular complexity index is 868. The van der Waals surface area contributed by atoms with E-state index in [9.17, 15) is 0 Å². The molecule has 3 rings (SSSR count). The van der Waals surface area contributed by atoms with Crippen molar-refractivity contribution in [3.05, 3.63) is 53.9 Å². The molecule has 0 saturated carbocycles. The molecule has 0 radical (unpaired) electrons. The van der Waals surface area contributed by atoms with E-state index in [1.54, 1.807) is 7.11 Å². The van der Waals surface area contributed by atoms with Crippen molar-refractivity contribution in [2.75, 3.05) is 7.11 Å². The second-order valence-electron chi connectivity index (χ2n) is 5.63. The van der Waals surface area contributed by atoms with E-state index in [2.05, 4.69) is 23.5 Å². The van der Waals surface area contributed by atoms with E-state index in [0.29, 0.717) is 4.99 Å². The molecule has 1 aromatic carbocycles. The number of aromatic nitrogens is 2. The molecule has 5 heteroatoms. The fraction of sp³-hybridized carbons (Fsp3) is 0.222. The first-order chi connectivity index (χ1) is 11.0. The molecule has 0 aliphatic rings. The molecule has 0 amide bonds. The van der Waals surface area contributed by atoms with Crippen LogP contribution < -0.4 is 10.5 Å². The van der Waals surface area contributed by atoms with Gasteiger partial charge in [-0.05, 0) is 48.9 Å². The zero-order chi connectivity index (χ0) is 16.6. The van der Waals surface area contributed by atoms with Crippen molar-refractivity contribution in [3.63, 3.8) is 0 Å². The summed E-state index contributed by atoms with van der Waals surface area (Å²) in [6, 6.07) is 12.0. The first-order valence-corrected chi connectivity index (χ1v) is 7.84. The SMILES string of the molecule is COc1ccc(-c2nc3cc(C)ccn3c2C(C)C(N)=S)cc1. The van der Waals surface area contributed by atoms with Gasteiger partial charge in [-0.15, -0.1) is 0 Å². The molecule has 0 saturated heterocycles. The highest BCUT2D eigenvalue weighted by Gasteiger charge is 2.21. The molecule has 2 aromatic heterocycles. The van der Waals surface area contributed by atoms with Crippen LogP contribution in [0.1, 0.15) is 24.1 Å². The number of imidazole rings is 1. The quantitative estimate of drug-likeness (QED) is 0.743. The van der Waals surface area contributed by atoms with Gasteiger partial charge in [-0.1, -0.05) is 19.1 Å². The lowest BCUT2D eigenvalue weighted by Gasteiger charge is -2.12. The largest absolute Gasteiger partial charge is 0.497 e. The van der Waals surface area contributed by atoms with Crippen LogP contribution in [-0.2, 0) is 0 Å². The van der Waals surface area contributed by atoms with Crippen molar-refractivity contribution in [2.24, 2.45) is 5.73 Å². The molecule has 0 fully saturated rings. The Morgan fingerprint density at radius 1 is 1.26 bits per heavy atom. The number of benzene rings is 1. The van der Waals surface area contributed by atoms with Crippen molar-refractivity contribution in [1.82, 2.24) is 9.38 Å². The van der Waals surface area contributed by atoms with E-state index in [1.807, 2.05) is 37.4 Å². The molecule has 0 aliphatic carbocycles. The standard InChI is InChI=1S/C18H19N3OS/c1-11-8-9-21-15(10-11)20-16(17(21)12(2)18(19)23)13-4-6-14(22-3)7-5-13/h4-10,12H,1-3H3,(H2,19,23). The topological polar surface area (TPSA) is 52.5 Å². The number of thiocarbonyl (C=S) groups is 1. The second kappa shape index (κ2) is 6.01. The van der Waals surface area contributed by atoms with Crippen LogP contribution in [0.5, 0.6) is 5.75 Å². The number of hydrogen-bond acceptors (Lipinski definition) is 3. The summed E-state index contributed by atoms with van der Waals surface area (Å²) in [5, 5.41) is 0. The molecular formula is C18H19N3OS. The molecule has 1 unspecified atom stereocenters. The lowest BCUT2D eigenvalue weighted by atomic mass is 10.0. The minimum Gasteiger partial charge on any atom is -0.497 e. The van der Waals surface area contributed by atoms with Gasteiger partial charge in [-0.25, -0.2) is 4.98 Å². The summed E-state index contributed by atoms with van der Waals surface area (Å²) in [7, 11) is 1.66. The predicted molar refractivity (Wildman–Crippen MR) is 97.1 cm³/mol. The Kier molecular flexibility index (Phi) is 4.05. The van der Waals surface area contributed by atoms with Crippen molar-refractivity contribution in [1.29, 1.82) is 0 Å². The van der Waals surface area contributed by atoms with Crippen LogP contribution >= 0.6 is 12.2 Å². The molecule has 2 N–H and O–H groups in total. The molecule has 2 heterocycles. The highest BCUT2D eigenvalue weighted by atomic mass is 32.1. The fourth-order valence-corrected chi connectivity index (χ4v) is 2.79. The normalized spacial score (nSPS) is 12.3. The smallest absolute Gasteiger partial charge is 0.137 e. The zero-order valence-electron chi connectivity index (χ0n) is 13.4. The first kappa shape index (κ1) is 15.5. The van der Waals surface area contributed by atoms with Gasteiger partial charge in [0, 0.05) is 17.7 Å². The van der Waals surface area contributed by atoms with E-state index in [0.717, 1.165) is 28.3 Å². The average Bonchev–Trinajstić information content (AvgIpc) is 2.92. The van der Waals surface area contributed by atoms with Crippen LogP contribution in [-0.4, -0.2) is 21.5 Å². The van der Waals surface area contributed by atoms with E-state index >= 15 is 0 Å². The summed E-state index contributed by atoms with van der Waals surface area (Å²) in [6.45, 7) is 4.07. The average molecular weight is 325 g/mol. The molecule has 3 aromatic rings. The Morgan fingerprint density at radius 2 is 1.96 bits per heavy atom. The van der Waals surface area contributed by atoms with Gasteiger partial charge in [0.1, 0.15) is 11.4 Å². The molecule has 4 nitrogen and oxygen atoms in total. The summed E-state index contributed by atoms with van der Waals surface area (Å²) in [6.07, 6.45) is 2.02. The molecule has 0 spiro atoms. The van der Waals surface area contributed by atoms with Crippen LogP contribution in [0.15, 0.2) is 42.6 Å². The summed E-state index contributed by atoms with van der Waals surface area (Å²) < 4.78 is 7.30. The number of hydrogen-bond donors (Lipinski definition) is 1. The Labute approximate surface area is 140 Å². The zero-order valence-corrected chi connectivity index (χ0v) is 14.2. The van der Waals surface area contributed by atoms with Gasteiger partial charge in [-0.3, -0.25) is 0 Å². The lowest BCUT2D eigenvalue weighted by molar-refractivity contribution is 0.415. The van der Waals surface area contributed by atoms with Gasteiger partial charge in [0.2, 0.25) is 0 Å². The monoisotopic (exact) mass is 325 g/mol. The van der Waals surface area contributed by atoms with E-state index in [-0.39, 0.29) is 5.92 Å². The number of fused-ring (bicyclic) bond motifs is 1. The van der Waals surface area contributed by atoms with Crippen molar-refractivity contribution in [2.45, 2.75) is 19.8 Å². The number of methoxy groups -OCH3 is 1. The van der Waals surface area contributed by atoms with Gasteiger partial charge in [0.05, 0.1) is 23.5 Å². The molecule has 118 valence electrons. The predicted octanol–water partition coefficient (Wildman–Crippen LogP) is 3.71. The van der Waals surface area contributed by atoms with Gasteiger partial charge < -0.3 is 14.9 Å². The van der Waals surface area contributed by atoms with Crippen LogP contribution in [0, 0.1) is 6.92 Å². The first-order valence-electron chi connectivity index (χ1n) is 7.43. The number of aryl methyl sites for hydroxylation is 1. The molecule has 0 aliphatic heterocycles. The van der Waals surface area contributed by atoms with E-state index in [1.165, 1.54) is 5.56 Å². The number of rotatable bonds is 4. The van der Waals surface area contributed by atoms with E-state index in [4.69, 9.17) is 27.7 Å². The van der Waals surface area contributed by atoms with Gasteiger partial charge in [0.15, 0.2) is 0 Å². The van der Waals surface area contributed by atoms with Gasteiger partial charge in [-0.2, -0.15) is 0 Å². The molecule has 1 atom stereocenters. The van der Waals surface area contributed by atoms with Crippen molar-refractivity contribution in [3.8, 4) is 17.0 Å². The van der Waals surface area contributed by atoms with Crippen LogP contribution in [0.25, 0.3) is 16.9 Å². The third-order valence-corrected chi connectivity index (χ3v) is 4.37. The molecular weight excluding hydrogens is 306 g/mol. The Balaban J connectivity index is 2.25. The Morgan fingerprint density at radius 3 is 2.57 bits per heavy atom. The fourth-order valence-electron chi connectivity index (χ4n) is 2.68. The van der Waals surface area contributed by atoms with Gasteiger partial charge in [0.25, 0.3) is 0 Å². The minimum absolute atomic E-state index is 0.0696. The third-order valence-electron chi connectivity index (χ3n) is 4.02. The lowest BCUT2D eigenvalue weighted by Crippen LogP contribution is -2.18. The summed E-state index contributed by atoms with van der Waals surface area (Å²) >= 11 is 5.22. The third kappa shape index (κ3) is 2.80. The second-order valence-corrected chi connectivity index (χ2v) is 6.10. The maximum atomic E-state index is 5.91. The molecule has 0 bridgehead atoms. The van der Waals surface area contributed by atoms with Crippen molar-refractivity contribution < 1.29 is 4.74 Å². The summed E-state index contributed by atoms with van der Waals surface area (Å²) in [5.41, 5.74) is 10.9. The summed E-state index contributed by atoms with van der Waals surface area (Å²) in [4.78, 5) is 5.27. The van der Waals surface area contributed by atoms with Crippen LogP contribution in [0.4, 0.5) is 0 Å². The van der Waals surface area contributed by atoms with Crippen LogP contribution in [0.3, 0.4) is 0 Å². The Hall–Kier alpha value is -2.40. The number of pyridine rings is 1. The number of nitrogens with zero attached hydrogens (tertiary/aromatic N) is 2. The number of ether oxygens (including phenoxy) is 1. The van der Waals surface area contributed by atoms with Crippen LogP contribution in [0.2, 0.25) is 0 Å². The molecule has 23 heavy (non-hydrogen) atoms. The maximum absolute atomic E-state index is 5.91. The van der Waals surface area contributed by atoms with E-state index < -0.39 is 0 Å². The highest BCUT2D eigenvalue weighted by molar-refractivity contribution is 7.80. The van der Waals surface area contributed by atoms with Crippen molar-refractivity contribution >= 4 is 22.9 Å². The maximum Gasteiger partial charge on any atom is 0.137 e. The number of nitrogens with two attached hydrogens (primary N) is 1. The van der Waals surface area contributed by atoms with Gasteiger partial charge >= 0.3 is 0 Å². The summed E-state index contributed by atoms with van der Waals surface area (Å²) in [5.74, 6) is 0.747. The minimum atomic E-state index is -0.0696.